The highest BCUT2D eigenvalue weighted by Gasteiger charge is 2.16. The summed E-state index contributed by atoms with van der Waals surface area (Å²) >= 11 is 0. The molecule has 0 spiro atoms. The number of nitrogens with one attached hydrogen (secondary N) is 1. The Balaban J connectivity index is 2.09. The Morgan fingerprint density at radius 3 is 2.50 bits per heavy atom. The molecule has 0 saturated heterocycles. The number of benzene rings is 2. The van der Waals surface area contributed by atoms with Gasteiger partial charge in [0.05, 0.1) is 17.0 Å². The third-order valence-electron chi connectivity index (χ3n) is 3.88. The summed E-state index contributed by atoms with van der Waals surface area (Å²) in [5.74, 6) is 1.06. The van der Waals surface area contributed by atoms with Gasteiger partial charge in [-0.15, -0.1) is 0 Å². The molecule has 0 aliphatic heterocycles. The number of rotatable bonds is 3. The maximum atomic E-state index is 5.96. The molecule has 0 bridgehead atoms. The fraction of sp³-hybridized carbons (Fsp3) is 0.235. The van der Waals surface area contributed by atoms with Crippen LogP contribution < -0.4 is 5.73 Å². The molecule has 0 unspecified atom stereocenters. The van der Waals surface area contributed by atoms with E-state index in [9.17, 15) is 0 Å². The second-order valence-electron chi connectivity index (χ2n) is 5.27. The van der Waals surface area contributed by atoms with Gasteiger partial charge in [-0.3, -0.25) is 0 Å². The van der Waals surface area contributed by atoms with Gasteiger partial charge in [0, 0.05) is 6.54 Å². The van der Waals surface area contributed by atoms with Crippen LogP contribution in [-0.4, -0.2) is 16.5 Å². The summed E-state index contributed by atoms with van der Waals surface area (Å²) in [5, 5.41) is 0. The Hall–Kier alpha value is -2.13. The Labute approximate surface area is 118 Å². The van der Waals surface area contributed by atoms with E-state index in [0.29, 0.717) is 6.54 Å². The van der Waals surface area contributed by atoms with Crippen molar-refractivity contribution in [3.8, 4) is 0 Å². The van der Waals surface area contributed by atoms with E-state index in [2.05, 4.69) is 43.1 Å². The molecular weight excluding hydrogens is 246 g/mol. The van der Waals surface area contributed by atoms with Crippen molar-refractivity contribution < 1.29 is 0 Å². The minimum atomic E-state index is 0.115. The molecule has 3 nitrogen and oxygen atoms in total. The molecule has 2 aromatic carbocycles. The van der Waals surface area contributed by atoms with Crippen molar-refractivity contribution >= 4 is 11.0 Å². The van der Waals surface area contributed by atoms with Crippen molar-refractivity contribution in [1.29, 1.82) is 0 Å². The number of hydrogen-bond donors (Lipinski definition) is 2. The Morgan fingerprint density at radius 2 is 1.80 bits per heavy atom. The van der Waals surface area contributed by atoms with Crippen LogP contribution >= 0.6 is 0 Å². The molecule has 1 aromatic heterocycles. The van der Waals surface area contributed by atoms with Gasteiger partial charge in [0.25, 0.3) is 0 Å². The summed E-state index contributed by atoms with van der Waals surface area (Å²) in [7, 11) is 0. The Morgan fingerprint density at radius 1 is 1.10 bits per heavy atom. The number of aromatic nitrogens is 2. The molecular formula is C17H19N3. The van der Waals surface area contributed by atoms with E-state index >= 15 is 0 Å². The van der Waals surface area contributed by atoms with Crippen molar-refractivity contribution in [2.45, 2.75) is 19.8 Å². The van der Waals surface area contributed by atoms with Gasteiger partial charge in [0.15, 0.2) is 0 Å². The lowest BCUT2D eigenvalue weighted by Crippen LogP contribution is -2.15. The van der Waals surface area contributed by atoms with E-state index in [1.54, 1.807) is 0 Å². The van der Waals surface area contributed by atoms with Gasteiger partial charge in [0.2, 0.25) is 0 Å². The van der Waals surface area contributed by atoms with Crippen molar-refractivity contribution in [3.05, 3.63) is 65.0 Å². The van der Waals surface area contributed by atoms with Crippen LogP contribution in [0, 0.1) is 13.8 Å². The van der Waals surface area contributed by atoms with Crippen molar-refractivity contribution in [2.24, 2.45) is 5.73 Å². The van der Waals surface area contributed by atoms with E-state index < -0.39 is 0 Å². The maximum absolute atomic E-state index is 5.96. The van der Waals surface area contributed by atoms with Crippen LogP contribution in [-0.2, 0) is 0 Å². The summed E-state index contributed by atoms with van der Waals surface area (Å²) in [6.45, 7) is 4.77. The lowest BCUT2D eigenvalue weighted by molar-refractivity contribution is 0.769. The number of H-pyrrole nitrogens is 1. The first-order valence-corrected chi connectivity index (χ1v) is 6.91. The van der Waals surface area contributed by atoms with Crippen LogP contribution in [0.25, 0.3) is 11.0 Å². The van der Waals surface area contributed by atoms with Gasteiger partial charge in [-0.25, -0.2) is 4.98 Å². The van der Waals surface area contributed by atoms with Crippen molar-refractivity contribution in [2.75, 3.05) is 6.54 Å². The first-order chi connectivity index (χ1) is 9.69. The quantitative estimate of drug-likeness (QED) is 0.763. The molecule has 102 valence electrons. The highest BCUT2D eigenvalue weighted by Crippen LogP contribution is 2.25. The Kier molecular flexibility index (Phi) is 3.28. The molecule has 20 heavy (non-hydrogen) atoms. The van der Waals surface area contributed by atoms with Crippen LogP contribution in [0.4, 0.5) is 0 Å². The zero-order chi connectivity index (χ0) is 14.1. The zero-order valence-corrected chi connectivity index (χ0v) is 11.9. The highest BCUT2D eigenvalue weighted by atomic mass is 14.9. The van der Waals surface area contributed by atoms with Crippen LogP contribution in [0.1, 0.15) is 28.4 Å². The molecule has 3 heteroatoms. The molecule has 0 saturated carbocycles. The minimum Gasteiger partial charge on any atom is -0.341 e. The highest BCUT2D eigenvalue weighted by molar-refractivity contribution is 5.77. The molecule has 3 N–H and O–H groups in total. The molecule has 0 aliphatic rings. The molecule has 1 atom stereocenters. The Bertz CT molecular complexity index is 690. The van der Waals surface area contributed by atoms with Crippen LogP contribution in [0.15, 0.2) is 42.5 Å². The number of nitrogens with zero attached hydrogens (tertiary/aromatic N) is 1. The summed E-state index contributed by atoms with van der Waals surface area (Å²) in [6, 6.07) is 14.6. The summed E-state index contributed by atoms with van der Waals surface area (Å²) in [5.41, 5.74) is 11.8. The molecule has 0 fully saturated rings. The van der Waals surface area contributed by atoms with Crippen molar-refractivity contribution in [3.63, 3.8) is 0 Å². The second-order valence-corrected chi connectivity index (χ2v) is 5.27. The third kappa shape index (κ3) is 2.21. The van der Waals surface area contributed by atoms with E-state index in [-0.39, 0.29) is 5.92 Å². The standard InChI is InChI=1S/C17H19N3/c1-11-8-15-16(9-12(11)2)20-17(19-15)14(10-18)13-6-4-3-5-7-13/h3-9,14H,10,18H2,1-2H3,(H,19,20)/t14-/m0/s1. The van der Waals surface area contributed by atoms with E-state index in [4.69, 9.17) is 10.7 Å². The minimum absolute atomic E-state index is 0.115. The fourth-order valence-electron chi connectivity index (χ4n) is 2.55. The van der Waals surface area contributed by atoms with Gasteiger partial charge >= 0.3 is 0 Å². The predicted octanol–water partition coefficient (Wildman–Crippen LogP) is 3.27. The molecule has 0 aliphatic carbocycles. The number of nitrogens with two attached hydrogens (primary N) is 1. The van der Waals surface area contributed by atoms with Gasteiger partial charge in [-0.1, -0.05) is 30.3 Å². The van der Waals surface area contributed by atoms with Crippen LogP contribution in [0.2, 0.25) is 0 Å². The smallest absolute Gasteiger partial charge is 0.116 e. The SMILES string of the molecule is Cc1cc2nc([C@@H](CN)c3ccccc3)[nH]c2cc1C. The molecule has 3 rings (SSSR count). The lowest BCUT2D eigenvalue weighted by atomic mass is 9.99. The molecule has 0 radical (unpaired) electrons. The first kappa shape index (κ1) is 12.9. The normalized spacial score (nSPS) is 12.8. The number of aryl methyl sites for hydroxylation is 2. The number of aromatic amines is 1. The number of hydrogen-bond acceptors (Lipinski definition) is 2. The summed E-state index contributed by atoms with van der Waals surface area (Å²) in [6.07, 6.45) is 0. The maximum Gasteiger partial charge on any atom is 0.116 e. The molecule has 3 aromatic rings. The second kappa shape index (κ2) is 5.10. The van der Waals surface area contributed by atoms with E-state index in [1.165, 1.54) is 16.7 Å². The number of fused-ring (bicyclic) bond motifs is 1. The predicted molar refractivity (Wildman–Crippen MR) is 82.9 cm³/mol. The first-order valence-electron chi connectivity index (χ1n) is 6.91. The van der Waals surface area contributed by atoms with Gasteiger partial charge < -0.3 is 10.7 Å². The van der Waals surface area contributed by atoms with E-state index in [1.807, 2.05) is 18.2 Å². The zero-order valence-electron chi connectivity index (χ0n) is 11.9. The largest absolute Gasteiger partial charge is 0.341 e. The average molecular weight is 265 g/mol. The monoisotopic (exact) mass is 265 g/mol. The van der Waals surface area contributed by atoms with Gasteiger partial charge in [0.1, 0.15) is 5.82 Å². The average Bonchev–Trinajstić information content (AvgIpc) is 2.84. The summed E-state index contributed by atoms with van der Waals surface area (Å²) in [4.78, 5) is 8.15. The summed E-state index contributed by atoms with van der Waals surface area (Å²) < 4.78 is 0. The molecule has 1 heterocycles. The van der Waals surface area contributed by atoms with Crippen molar-refractivity contribution in [1.82, 2.24) is 9.97 Å². The topological polar surface area (TPSA) is 54.7 Å². The van der Waals surface area contributed by atoms with Crippen LogP contribution in [0.3, 0.4) is 0 Å². The van der Waals surface area contributed by atoms with Gasteiger partial charge in [-0.05, 0) is 42.7 Å². The fourth-order valence-corrected chi connectivity index (χ4v) is 2.55. The lowest BCUT2D eigenvalue weighted by Gasteiger charge is -2.11. The van der Waals surface area contributed by atoms with Gasteiger partial charge in [-0.2, -0.15) is 0 Å². The van der Waals surface area contributed by atoms with Crippen LogP contribution in [0.5, 0.6) is 0 Å². The number of imidazole rings is 1. The third-order valence-corrected chi connectivity index (χ3v) is 3.88. The van der Waals surface area contributed by atoms with E-state index in [0.717, 1.165) is 16.9 Å². The molecule has 0 amide bonds.